The molecule has 34 heavy (non-hydrogen) atoms. The zero-order valence-corrected chi connectivity index (χ0v) is 20.8. The lowest BCUT2D eigenvalue weighted by molar-refractivity contribution is -0.144. The maximum atomic E-state index is 13.9. The maximum absolute atomic E-state index is 13.9. The van der Waals surface area contributed by atoms with Crippen LogP contribution in [-0.2, 0) is 9.53 Å². The molecule has 0 radical (unpaired) electrons. The minimum Gasteiger partial charge on any atom is -0.444 e. The SMILES string of the molecule is CN1CCC(O)(C(C(=O)N2CCN(C(=O)OC(C)(C)C)CC2)c2ccc3ccccc3c2)CC1. The molecule has 0 saturated carbocycles. The number of aliphatic hydroxyl groups is 1. The van der Waals surface area contributed by atoms with Gasteiger partial charge in [0.15, 0.2) is 0 Å². The van der Waals surface area contributed by atoms with Gasteiger partial charge in [0, 0.05) is 39.3 Å². The van der Waals surface area contributed by atoms with Crippen molar-refractivity contribution in [1.29, 1.82) is 0 Å². The van der Waals surface area contributed by atoms with Gasteiger partial charge in [0.2, 0.25) is 5.91 Å². The molecule has 1 atom stereocenters. The van der Waals surface area contributed by atoms with Gasteiger partial charge in [-0.25, -0.2) is 4.79 Å². The summed E-state index contributed by atoms with van der Waals surface area (Å²) in [6.45, 7) is 8.75. The molecule has 0 spiro atoms. The quantitative estimate of drug-likeness (QED) is 0.749. The minimum atomic E-state index is -1.10. The second kappa shape index (κ2) is 9.55. The Morgan fingerprint density at radius 2 is 1.50 bits per heavy atom. The monoisotopic (exact) mass is 467 g/mol. The Bertz CT molecular complexity index is 1030. The van der Waals surface area contributed by atoms with Crippen LogP contribution in [0, 0.1) is 0 Å². The van der Waals surface area contributed by atoms with E-state index >= 15 is 0 Å². The zero-order chi connectivity index (χ0) is 24.5. The highest BCUT2D eigenvalue weighted by molar-refractivity contribution is 5.89. The van der Waals surface area contributed by atoms with Gasteiger partial charge in [-0.05, 0) is 57.0 Å². The molecule has 0 bridgehead atoms. The number of rotatable bonds is 3. The Kier molecular flexibility index (Phi) is 6.87. The van der Waals surface area contributed by atoms with Crippen molar-refractivity contribution in [3.05, 3.63) is 48.0 Å². The summed E-state index contributed by atoms with van der Waals surface area (Å²) in [5.74, 6) is -0.704. The predicted octanol–water partition coefficient (Wildman–Crippen LogP) is 3.46. The molecule has 7 heteroatoms. The molecular weight excluding hydrogens is 430 g/mol. The van der Waals surface area contributed by atoms with E-state index in [1.54, 1.807) is 9.80 Å². The molecule has 2 aromatic rings. The summed E-state index contributed by atoms with van der Waals surface area (Å²) in [4.78, 5) is 32.0. The topological polar surface area (TPSA) is 73.3 Å². The molecule has 2 aromatic carbocycles. The van der Waals surface area contributed by atoms with E-state index in [-0.39, 0.29) is 12.0 Å². The lowest BCUT2D eigenvalue weighted by atomic mass is 9.74. The van der Waals surface area contributed by atoms with E-state index in [1.807, 2.05) is 64.2 Å². The number of carbonyl (C=O) groups is 2. The summed E-state index contributed by atoms with van der Waals surface area (Å²) < 4.78 is 5.49. The number of hydrogen-bond acceptors (Lipinski definition) is 5. The standard InChI is InChI=1S/C27H37N3O4/c1-26(2,3)34-25(32)30-17-15-29(16-18-30)24(31)23(27(33)11-13-28(4)14-12-27)22-10-9-20-7-5-6-8-21(20)19-22/h5-10,19,23,33H,11-18H2,1-4H3. The van der Waals surface area contributed by atoms with Crippen LogP contribution in [0.5, 0.6) is 0 Å². The molecule has 2 amide bonds. The molecule has 2 fully saturated rings. The molecule has 4 rings (SSSR count). The zero-order valence-electron chi connectivity index (χ0n) is 20.8. The van der Waals surface area contributed by atoms with E-state index in [4.69, 9.17) is 4.74 Å². The van der Waals surface area contributed by atoms with Crippen molar-refractivity contribution < 1.29 is 19.4 Å². The van der Waals surface area contributed by atoms with Crippen molar-refractivity contribution in [2.24, 2.45) is 0 Å². The van der Waals surface area contributed by atoms with Crippen molar-refractivity contribution in [2.45, 2.75) is 50.7 Å². The molecule has 7 nitrogen and oxygen atoms in total. The first-order chi connectivity index (χ1) is 16.1. The summed E-state index contributed by atoms with van der Waals surface area (Å²) in [6.07, 6.45) is 0.745. The van der Waals surface area contributed by atoms with Crippen LogP contribution < -0.4 is 0 Å². The van der Waals surface area contributed by atoms with Gasteiger partial charge in [0.25, 0.3) is 0 Å². The highest BCUT2D eigenvalue weighted by atomic mass is 16.6. The Balaban J connectivity index is 1.57. The number of amides is 2. The third-order valence-corrected chi connectivity index (χ3v) is 6.99. The highest BCUT2D eigenvalue weighted by Gasteiger charge is 2.46. The van der Waals surface area contributed by atoms with Crippen molar-refractivity contribution in [3.63, 3.8) is 0 Å². The minimum absolute atomic E-state index is 0.0637. The number of piperidine rings is 1. The van der Waals surface area contributed by atoms with E-state index < -0.39 is 17.1 Å². The molecule has 0 aliphatic carbocycles. The molecule has 184 valence electrons. The first-order valence-electron chi connectivity index (χ1n) is 12.2. The lowest BCUT2D eigenvalue weighted by Gasteiger charge is -2.44. The third-order valence-electron chi connectivity index (χ3n) is 6.99. The first-order valence-corrected chi connectivity index (χ1v) is 12.2. The van der Waals surface area contributed by atoms with Crippen LogP contribution >= 0.6 is 0 Å². The van der Waals surface area contributed by atoms with Crippen LogP contribution in [0.1, 0.15) is 45.1 Å². The van der Waals surface area contributed by atoms with E-state index in [2.05, 4.69) is 11.0 Å². The van der Waals surface area contributed by atoms with Crippen LogP contribution in [0.2, 0.25) is 0 Å². The van der Waals surface area contributed by atoms with E-state index in [1.165, 1.54) is 0 Å². The van der Waals surface area contributed by atoms with Crippen LogP contribution in [0.4, 0.5) is 4.79 Å². The Morgan fingerprint density at radius 1 is 0.912 bits per heavy atom. The Hall–Kier alpha value is -2.64. The maximum Gasteiger partial charge on any atom is 0.410 e. The third kappa shape index (κ3) is 5.36. The lowest BCUT2D eigenvalue weighted by Crippen LogP contribution is -2.56. The number of likely N-dealkylation sites (tertiary alicyclic amines) is 1. The molecule has 1 unspecified atom stereocenters. The average Bonchev–Trinajstić information content (AvgIpc) is 2.80. The van der Waals surface area contributed by atoms with Gasteiger partial charge in [-0.15, -0.1) is 0 Å². The number of hydrogen-bond donors (Lipinski definition) is 1. The fraction of sp³-hybridized carbons (Fsp3) is 0.556. The van der Waals surface area contributed by atoms with Gasteiger partial charge >= 0.3 is 6.09 Å². The highest BCUT2D eigenvalue weighted by Crippen LogP contribution is 2.39. The van der Waals surface area contributed by atoms with Crippen molar-refractivity contribution in [2.75, 3.05) is 46.3 Å². The summed E-state index contributed by atoms with van der Waals surface area (Å²) in [5, 5.41) is 14.0. The first kappa shape index (κ1) is 24.5. The fourth-order valence-electron chi connectivity index (χ4n) is 4.98. The molecular formula is C27H37N3O4. The molecule has 0 aromatic heterocycles. The van der Waals surface area contributed by atoms with Crippen LogP contribution in [-0.4, -0.2) is 89.3 Å². The van der Waals surface area contributed by atoms with Crippen molar-refractivity contribution >= 4 is 22.8 Å². The van der Waals surface area contributed by atoms with Gasteiger partial charge in [-0.2, -0.15) is 0 Å². The summed E-state index contributed by atoms with van der Waals surface area (Å²) in [5.41, 5.74) is -0.804. The van der Waals surface area contributed by atoms with Crippen molar-refractivity contribution in [3.8, 4) is 0 Å². The number of nitrogens with zero attached hydrogens (tertiary/aromatic N) is 3. The number of carbonyl (C=O) groups excluding carboxylic acids is 2. The number of fused-ring (bicyclic) bond motifs is 1. The van der Waals surface area contributed by atoms with Crippen LogP contribution in [0.3, 0.4) is 0 Å². The molecule has 1 N–H and O–H groups in total. The van der Waals surface area contributed by atoms with Crippen LogP contribution in [0.25, 0.3) is 10.8 Å². The van der Waals surface area contributed by atoms with Crippen molar-refractivity contribution in [1.82, 2.24) is 14.7 Å². The molecule has 2 aliphatic heterocycles. The Morgan fingerprint density at radius 3 is 2.12 bits per heavy atom. The average molecular weight is 468 g/mol. The number of piperazine rings is 1. The molecule has 2 heterocycles. The fourth-order valence-corrected chi connectivity index (χ4v) is 4.98. The molecule has 2 aliphatic rings. The number of benzene rings is 2. The van der Waals surface area contributed by atoms with E-state index in [0.717, 1.165) is 29.4 Å². The number of ether oxygens (including phenoxy) is 1. The Labute approximate surface area is 202 Å². The normalized spacial score (nSPS) is 20.3. The van der Waals surface area contributed by atoms with Gasteiger partial charge in [-0.1, -0.05) is 42.5 Å². The smallest absolute Gasteiger partial charge is 0.410 e. The second-order valence-corrected chi connectivity index (χ2v) is 10.7. The molecule has 2 saturated heterocycles. The second-order valence-electron chi connectivity index (χ2n) is 10.7. The van der Waals surface area contributed by atoms with Gasteiger partial charge in [0.1, 0.15) is 5.60 Å². The van der Waals surface area contributed by atoms with E-state index in [0.29, 0.717) is 39.0 Å². The summed E-state index contributed by atoms with van der Waals surface area (Å²) in [7, 11) is 2.04. The van der Waals surface area contributed by atoms with Gasteiger partial charge in [-0.3, -0.25) is 4.79 Å². The summed E-state index contributed by atoms with van der Waals surface area (Å²) >= 11 is 0. The van der Waals surface area contributed by atoms with Crippen LogP contribution in [0.15, 0.2) is 42.5 Å². The largest absolute Gasteiger partial charge is 0.444 e. The van der Waals surface area contributed by atoms with E-state index in [9.17, 15) is 14.7 Å². The predicted molar refractivity (Wildman–Crippen MR) is 133 cm³/mol. The van der Waals surface area contributed by atoms with Gasteiger partial charge < -0.3 is 24.5 Å². The summed E-state index contributed by atoms with van der Waals surface area (Å²) in [6, 6.07) is 14.1. The van der Waals surface area contributed by atoms with Gasteiger partial charge in [0.05, 0.1) is 11.5 Å².